The minimum Gasteiger partial charge on any atom is -0.351 e. The molecule has 102 valence electrons. The van der Waals surface area contributed by atoms with Gasteiger partial charge in [0.2, 0.25) is 5.91 Å². The van der Waals surface area contributed by atoms with E-state index in [-0.39, 0.29) is 16.0 Å². The SMILES string of the molecule is CCC(CC)C(=O)NCc1ccc(S(=O)(=O)Cl)s1. The zero-order valence-corrected chi connectivity index (χ0v) is 12.7. The molecule has 1 aromatic heterocycles. The predicted octanol–water partition coefficient (Wildman–Crippen LogP) is 2.73. The van der Waals surface area contributed by atoms with Crippen LogP contribution < -0.4 is 5.32 Å². The van der Waals surface area contributed by atoms with Crippen LogP contribution in [-0.4, -0.2) is 14.3 Å². The van der Waals surface area contributed by atoms with Crippen molar-refractivity contribution in [2.75, 3.05) is 0 Å². The van der Waals surface area contributed by atoms with E-state index < -0.39 is 9.05 Å². The molecule has 1 rings (SSSR count). The van der Waals surface area contributed by atoms with E-state index in [0.29, 0.717) is 6.54 Å². The van der Waals surface area contributed by atoms with Crippen molar-refractivity contribution >= 4 is 37.0 Å². The summed E-state index contributed by atoms with van der Waals surface area (Å²) in [4.78, 5) is 12.5. The molecule has 0 aliphatic heterocycles. The van der Waals surface area contributed by atoms with E-state index in [9.17, 15) is 13.2 Å². The highest BCUT2D eigenvalue weighted by Gasteiger charge is 2.16. The summed E-state index contributed by atoms with van der Waals surface area (Å²) < 4.78 is 22.3. The second-order valence-corrected chi connectivity index (χ2v) is 7.85. The van der Waals surface area contributed by atoms with Gasteiger partial charge in [-0.3, -0.25) is 4.79 Å². The molecule has 1 N–H and O–H groups in total. The Morgan fingerprint density at radius 1 is 1.39 bits per heavy atom. The molecule has 0 saturated carbocycles. The van der Waals surface area contributed by atoms with Crippen molar-refractivity contribution in [3.8, 4) is 0 Å². The molecule has 7 heteroatoms. The molecule has 0 aromatic carbocycles. The Morgan fingerprint density at radius 3 is 2.44 bits per heavy atom. The number of carbonyl (C=O) groups is 1. The Morgan fingerprint density at radius 2 is 2.00 bits per heavy atom. The van der Waals surface area contributed by atoms with Crippen molar-refractivity contribution in [1.82, 2.24) is 5.32 Å². The van der Waals surface area contributed by atoms with Crippen LogP contribution in [0.15, 0.2) is 16.3 Å². The standard InChI is InChI=1S/C11H16ClNO3S2/c1-3-8(4-2)11(14)13-7-9-5-6-10(17-9)18(12,15)16/h5-6,8H,3-4,7H2,1-2H3,(H,13,14). The third kappa shape index (κ3) is 4.26. The number of hydrogen-bond donors (Lipinski definition) is 1. The van der Waals surface area contributed by atoms with Crippen molar-refractivity contribution in [1.29, 1.82) is 0 Å². The van der Waals surface area contributed by atoms with Crippen molar-refractivity contribution in [2.45, 2.75) is 37.4 Å². The number of rotatable bonds is 6. The van der Waals surface area contributed by atoms with Gasteiger partial charge in [-0.15, -0.1) is 11.3 Å². The largest absolute Gasteiger partial charge is 0.351 e. The summed E-state index contributed by atoms with van der Waals surface area (Å²) >= 11 is 1.07. The lowest BCUT2D eigenvalue weighted by molar-refractivity contribution is -0.125. The number of hydrogen-bond acceptors (Lipinski definition) is 4. The van der Waals surface area contributed by atoms with Crippen LogP contribution in [0.25, 0.3) is 0 Å². The van der Waals surface area contributed by atoms with Crippen LogP contribution in [0.2, 0.25) is 0 Å². The molecule has 0 unspecified atom stereocenters. The predicted molar refractivity (Wildman–Crippen MR) is 73.3 cm³/mol. The minimum atomic E-state index is -3.67. The summed E-state index contributed by atoms with van der Waals surface area (Å²) in [7, 11) is 1.56. The van der Waals surface area contributed by atoms with Gasteiger partial charge in [0.1, 0.15) is 4.21 Å². The van der Waals surface area contributed by atoms with E-state index in [2.05, 4.69) is 5.32 Å². The molecule has 0 atom stereocenters. The summed E-state index contributed by atoms with van der Waals surface area (Å²) in [6.45, 7) is 4.28. The average Bonchev–Trinajstić information content (AvgIpc) is 2.76. The number of halogens is 1. The zero-order valence-electron chi connectivity index (χ0n) is 10.3. The molecule has 0 bridgehead atoms. The summed E-state index contributed by atoms with van der Waals surface area (Å²) in [5.74, 6) is 0.0184. The monoisotopic (exact) mass is 309 g/mol. The lowest BCUT2D eigenvalue weighted by atomic mass is 10.0. The fourth-order valence-electron chi connectivity index (χ4n) is 1.56. The number of carbonyl (C=O) groups excluding carboxylic acids is 1. The normalized spacial score (nSPS) is 11.8. The maximum atomic E-state index is 11.7. The Bertz CT molecular complexity index is 506. The van der Waals surface area contributed by atoms with Gasteiger partial charge >= 0.3 is 0 Å². The van der Waals surface area contributed by atoms with E-state index in [1.165, 1.54) is 6.07 Å². The van der Waals surface area contributed by atoms with Crippen LogP contribution in [-0.2, 0) is 20.4 Å². The molecule has 0 aliphatic rings. The fraction of sp³-hybridized carbons (Fsp3) is 0.545. The summed E-state index contributed by atoms with van der Waals surface area (Å²) in [6, 6.07) is 3.11. The minimum absolute atomic E-state index is 0.00341. The van der Waals surface area contributed by atoms with Gasteiger partial charge in [-0.2, -0.15) is 0 Å². The Labute approximate surface area is 116 Å². The molecule has 1 heterocycles. The first-order chi connectivity index (χ1) is 8.38. The van der Waals surface area contributed by atoms with E-state index in [0.717, 1.165) is 29.1 Å². The highest BCUT2D eigenvalue weighted by Crippen LogP contribution is 2.24. The first-order valence-electron chi connectivity index (χ1n) is 5.69. The molecule has 0 spiro atoms. The van der Waals surface area contributed by atoms with Crippen LogP contribution >= 0.6 is 22.0 Å². The van der Waals surface area contributed by atoms with Crippen molar-refractivity contribution in [3.05, 3.63) is 17.0 Å². The Kier molecular flexibility index (Phi) is 5.62. The van der Waals surface area contributed by atoms with Gasteiger partial charge in [-0.25, -0.2) is 8.42 Å². The van der Waals surface area contributed by atoms with Gasteiger partial charge in [0.15, 0.2) is 0 Å². The first-order valence-corrected chi connectivity index (χ1v) is 8.82. The number of amides is 1. The van der Waals surface area contributed by atoms with Crippen molar-refractivity contribution < 1.29 is 13.2 Å². The average molecular weight is 310 g/mol. The molecule has 0 radical (unpaired) electrons. The zero-order chi connectivity index (χ0) is 13.8. The van der Waals surface area contributed by atoms with Crippen LogP contribution in [0, 0.1) is 5.92 Å². The summed E-state index contributed by atoms with van der Waals surface area (Å²) in [5.41, 5.74) is 0. The molecule has 1 aromatic rings. The van der Waals surface area contributed by atoms with Crippen LogP contribution in [0.5, 0.6) is 0 Å². The Hall–Kier alpha value is -0.590. The maximum Gasteiger partial charge on any atom is 0.270 e. The molecule has 0 saturated heterocycles. The van der Waals surface area contributed by atoms with E-state index in [1.54, 1.807) is 6.07 Å². The highest BCUT2D eigenvalue weighted by atomic mass is 35.7. The van der Waals surface area contributed by atoms with Gasteiger partial charge in [0.05, 0.1) is 6.54 Å². The van der Waals surface area contributed by atoms with Gasteiger partial charge in [-0.05, 0) is 25.0 Å². The van der Waals surface area contributed by atoms with Crippen molar-refractivity contribution in [3.63, 3.8) is 0 Å². The molecule has 4 nitrogen and oxygen atoms in total. The second kappa shape index (κ2) is 6.54. The highest BCUT2D eigenvalue weighted by molar-refractivity contribution is 8.15. The van der Waals surface area contributed by atoms with Gasteiger partial charge in [-0.1, -0.05) is 13.8 Å². The third-order valence-corrected chi connectivity index (χ3v) is 5.85. The van der Waals surface area contributed by atoms with E-state index in [1.807, 2.05) is 13.8 Å². The summed E-state index contributed by atoms with van der Waals surface area (Å²) in [6.07, 6.45) is 1.60. The molecular formula is C11H16ClNO3S2. The number of nitrogens with one attached hydrogen (secondary N) is 1. The first kappa shape index (κ1) is 15.5. The van der Waals surface area contributed by atoms with Crippen LogP contribution in [0.3, 0.4) is 0 Å². The van der Waals surface area contributed by atoms with Gasteiger partial charge in [0, 0.05) is 21.5 Å². The second-order valence-electron chi connectivity index (χ2n) is 3.89. The molecule has 0 fully saturated rings. The lowest BCUT2D eigenvalue weighted by Gasteiger charge is -2.11. The molecule has 0 aliphatic carbocycles. The van der Waals surface area contributed by atoms with Crippen LogP contribution in [0.1, 0.15) is 31.6 Å². The summed E-state index contributed by atoms with van der Waals surface area (Å²) in [5, 5.41) is 2.80. The van der Waals surface area contributed by atoms with Gasteiger partial charge < -0.3 is 5.32 Å². The lowest BCUT2D eigenvalue weighted by Crippen LogP contribution is -2.29. The van der Waals surface area contributed by atoms with Crippen LogP contribution in [0.4, 0.5) is 0 Å². The molecular weight excluding hydrogens is 294 g/mol. The van der Waals surface area contributed by atoms with Crippen molar-refractivity contribution in [2.24, 2.45) is 5.92 Å². The molecule has 18 heavy (non-hydrogen) atoms. The van der Waals surface area contributed by atoms with E-state index in [4.69, 9.17) is 10.7 Å². The fourth-order valence-corrected chi connectivity index (χ4v) is 3.62. The topological polar surface area (TPSA) is 63.2 Å². The molecule has 1 amide bonds. The van der Waals surface area contributed by atoms with Gasteiger partial charge in [0.25, 0.3) is 9.05 Å². The Balaban J connectivity index is 2.60. The maximum absolute atomic E-state index is 11.7. The van der Waals surface area contributed by atoms with E-state index >= 15 is 0 Å². The quantitative estimate of drug-likeness (QED) is 0.822. The smallest absolute Gasteiger partial charge is 0.270 e. The third-order valence-electron chi connectivity index (χ3n) is 2.67. The number of thiophene rings is 1.